The number of aryl methyl sites for hydroxylation is 1. The molecule has 0 unspecified atom stereocenters. The van der Waals surface area contributed by atoms with Crippen molar-refractivity contribution in [1.29, 1.82) is 0 Å². The van der Waals surface area contributed by atoms with Gasteiger partial charge in [-0.1, -0.05) is 6.07 Å². The molecule has 5 heteroatoms. The predicted octanol–water partition coefficient (Wildman–Crippen LogP) is 3.79. The van der Waals surface area contributed by atoms with E-state index in [2.05, 4.69) is 5.32 Å². The van der Waals surface area contributed by atoms with Crippen LogP contribution < -0.4 is 5.32 Å². The standard InChI is InChI=1S/C13H11FN2O2/c1-9-7-11(5-6-13(9)14)15-10-3-2-4-12(8-10)16(17)18/h2-8,15H,1H3. The molecule has 0 atom stereocenters. The summed E-state index contributed by atoms with van der Waals surface area (Å²) in [6.45, 7) is 1.66. The number of nitrogens with zero attached hydrogens (tertiary/aromatic N) is 1. The molecule has 0 aliphatic rings. The van der Waals surface area contributed by atoms with Gasteiger partial charge in [0, 0.05) is 23.5 Å². The van der Waals surface area contributed by atoms with E-state index < -0.39 is 4.92 Å². The number of nitrogens with one attached hydrogen (secondary N) is 1. The van der Waals surface area contributed by atoms with Crippen molar-refractivity contribution >= 4 is 17.1 Å². The van der Waals surface area contributed by atoms with Gasteiger partial charge in [-0.05, 0) is 36.8 Å². The van der Waals surface area contributed by atoms with E-state index in [0.717, 1.165) is 0 Å². The second kappa shape index (κ2) is 4.83. The predicted molar refractivity (Wildman–Crippen MR) is 67.5 cm³/mol. The first-order valence-electron chi connectivity index (χ1n) is 5.34. The lowest BCUT2D eigenvalue weighted by molar-refractivity contribution is -0.384. The van der Waals surface area contributed by atoms with Crippen molar-refractivity contribution in [2.75, 3.05) is 5.32 Å². The molecule has 0 aromatic heterocycles. The Balaban J connectivity index is 2.25. The second-order valence-corrected chi connectivity index (χ2v) is 3.90. The Morgan fingerprint density at radius 3 is 2.56 bits per heavy atom. The maximum atomic E-state index is 13.1. The molecule has 2 aromatic rings. The Bertz CT molecular complexity index is 599. The number of non-ortho nitro benzene ring substituents is 1. The molecule has 2 rings (SSSR count). The lowest BCUT2D eigenvalue weighted by Crippen LogP contribution is -1.94. The molecule has 0 saturated carbocycles. The Morgan fingerprint density at radius 1 is 1.17 bits per heavy atom. The van der Waals surface area contributed by atoms with Gasteiger partial charge in [-0.2, -0.15) is 0 Å². The Morgan fingerprint density at radius 2 is 1.89 bits per heavy atom. The van der Waals surface area contributed by atoms with Crippen LogP contribution in [-0.4, -0.2) is 4.92 Å². The van der Waals surface area contributed by atoms with Gasteiger partial charge in [0.2, 0.25) is 0 Å². The first kappa shape index (κ1) is 12.0. The number of nitro groups is 1. The second-order valence-electron chi connectivity index (χ2n) is 3.90. The van der Waals surface area contributed by atoms with Crippen LogP contribution in [0.25, 0.3) is 0 Å². The molecule has 0 fully saturated rings. The first-order valence-corrected chi connectivity index (χ1v) is 5.34. The van der Waals surface area contributed by atoms with Crippen LogP contribution in [0.1, 0.15) is 5.56 Å². The summed E-state index contributed by atoms with van der Waals surface area (Å²) in [5.41, 5.74) is 1.81. The van der Waals surface area contributed by atoms with Gasteiger partial charge in [0.1, 0.15) is 5.82 Å². The summed E-state index contributed by atoms with van der Waals surface area (Å²) in [5.74, 6) is -0.278. The monoisotopic (exact) mass is 246 g/mol. The fraction of sp³-hybridized carbons (Fsp3) is 0.0769. The summed E-state index contributed by atoms with van der Waals surface area (Å²) in [4.78, 5) is 10.2. The van der Waals surface area contributed by atoms with Crippen molar-refractivity contribution in [2.45, 2.75) is 6.92 Å². The van der Waals surface area contributed by atoms with Crippen LogP contribution in [-0.2, 0) is 0 Å². The van der Waals surface area contributed by atoms with Crippen LogP contribution in [0.2, 0.25) is 0 Å². The summed E-state index contributed by atoms with van der Waals surface area (Å²) in [7, 11) is 0. The summed E-state index contributed by atoms with van der Waals surface area (Å²) in [5, 5.41) is 13.6. The van der Waals surface area contributed by atoms with Gasteiger partial charge in [-0.3, -0.25) is 10.1 Å². The van der Waals surface area contributed by atoms with Crippen molar-refractivity contribution < 1.29 is 9.31 Å². The van der Waals surface area contributed by atoms with Gasteiger partial charge in [0.25, 0.3) is 5.69 Å². The van der Waals surface area contributed by atoms with Crippen LogP contribution in [0.3, 0.4) is 0 Å². The Hall–Kier alpha value is -2.43. The third-order valence-electron chi connectivity index (χ3n) is 2.50. The quantitative estimate of drug-likeness (QED) is 0.662. The highest BCUT2D eigenvalue weighted by molar-refractivity contribution is 5.62. The molecular weight excluding hydrogens is 235 g/mol. The zero-order valence-electron chi connectivity index (χ0n) is 9.68. The SMILES string of the molecule is Cc1cc(Nc2cccc([N+](=O)[O-])c2)ccc1F. The molecule has 0 radical (unpaired) electrons. The molecule has 92 valence electrons. The Labute approximate surface area is 103 Å². The maximum absolute atomic E-state index is 13.1. The number of halogens is 1. The van der Waals surface area contributed by atoms with E-state index >= 15 is 0 Å². The smallest absolute Gasteiger partial charge is 0.271 e. The van der Waals surface area contributed by atoms with E-state index in [1.54, 1.807) is 31.2 Å². The van der Waals surface area contributed by atoms with Crippen LogP contribution >= 0.6 is 0 Å². The lowest BCUT2D eigenvalue weighted by atomic mass is 10.2. The highest BCUT2D eigenvalue weighted by Gasteiger charge is 2.06. The average molecular weight is 246 g/mol. The highest BCUT2D eigenvalue weighted by Crippen LogP contribution is 2.22. The normalized spacial score (nSPS) is 10.1. The Kier molecular flexibility index (Phi) is 3.23. The summed E-state index contributed by atoms with van der Waals surface area (Å²) in [6, 6.07) is 10.7. The number of nitro benzene ring substituents is 1. The number of anilines is 2. The van der Waals surface area contributed by atoms with Gasteiger partial charge in [0.05, 0.1) is 4.92 Å². The van der Waals surface area contributed by atoms with E-state index in [-0.39, 0.29) is 11.5 Å². The molecule has 0 heterocycles. The zero-order chi connectivity index (χ0) is 13.1. The minimum atomic E-state index is -0.457. The topological polar surface area (TPSA) is 55.2 Å². The maximum Gasteiger partial charge on any atom is 0.271 e. The van der Waals surface area contributed by atoms with Gasteiger partial charge in [-0.25, -0.2) is 4.39 Å². The third-order valence-corrected chi connectivity index (χ3v) is 2.50. The number of rotatable bonds is 3. The van der Waals surface area contributed by atoms with E-state index in [1.165, 1.54) is 18.2 Å². The van der Waals surface area contributed by atoms with Gasteiger partial charge >= 0.3 is 0 Å². The van der Waals surface area contributed by atoms with Crippen molar-refractivity contribution in [2.24, 2.45) is 0 Å². The van der Waals surface area contributed by atoms with Crippen molar-refractivity contribution in [3.05, 3.63) is 64.0 Å². The molecule has 0 aliphatic carbocycles. The van der Waals surface area contributed by atoms with Crippen LogP contribution in [0.4, 0.5) is 21.5 Å². The third kappa shape index (κ3) is 2.63. The van der Waals surface area contributed by atoms with E-state index in [9.17, 15) is 14.5 Å². The van der Waals surface area contributed by atoms with Crippen LogP contribution in [0.5, 0.6) is 0 Å². The van der Waals surface area contributed by atoms with Crippen molar-refractivity contribution in [3.63, 3.8) is 0 Å². The molecule has 0 bridgehead atoms. The first-order chi connectivity index (χ1) is 8.56. The molecule has 1 N–H and O–H groups in total. The summed E-state index contributed by atoms with van der Waals surface area (Å²) >= 11 is 0. The zero-order valence-corrected chi connectivity index (χ0v) is 9.68. The molecule has 0 spiro atoms. The van der Waals surface area contributed by atoms with E-state index in [1.807, 2.05) is 0 Å². The summed E-state index contributed by atoms with van der Waals surface area (Å²) in [6.07, 6.45) is 0. The lowest BCUT2D eigenvalue weighted by Gasteiger charge is -2.07. The van der Waals surface area contributed by atoms with Crippen molar-refractivity contribution in [1.82, 2.24) is 0 Å². The minimum absolute atomic E-state index is 0.0128. The average Bonchev–Trinajstić information content (AvgIpc) is 2.34. The number of hydrogen-bond acceptors (Lipinski definition) is 3. The number of benzene rings is 2. The largest absolute Gasteiger partial charge is 0.355 e. The number of hydrogen-bond donors (Lipinski definition) is 1. The molecule has 18 heavy (non-hydrogen) atoms. The molecule has 0 amide bonds. The molecule has 0 saturated heterocycles. The van der Waals surface area contributed by atoms with Crippen molar-refractivity contribution in [3.8, 4) is 0 Å². The van der Waals surface area contributed by atoms with Gasteiger partial charge in [-0.15, -0.1) is 0 Å². The van der Waals surface area contributed by atoms with Gasteiger partial charge < -0.3 is 5.32 Å². The van der Waals surface area contributed by atoms with E-state index in [0.29, 0.717) is 16.9 Å². The van der Waals surface area contributed by atoms with Gasteiger partial charge in [0.15, 0.2) is 0 Å². The fourth-order valence-electron chi connectivity index (χ4n) is 1.59. The molecule has 0 aliphatic heterocycles. The van der Waals surface area contributed by atoms with Crippen LogP contribution in [0, 0.1) is 22.9 Å². The van der Waals surface area contributed by atoms with E-state index in [4.69, 9.17) is 0 Å². The van der Waals surface area contributed by atoms with Crippen LogP contribution in [0.15, 0.2) is 42.5 Å². The molecule has 4 nitrogen and oxygen atoms in total. The molecular formula is C13H11FN2O2. The minimum Gasteiger partial charge on any atom is -0.355 e. The summed E-state index contributed by atoms with van der Waals surface area (Å²) < 4.78 is 13.1. The highest BCUT2D eigenvalue weighted by atomic mass is 19.1. The fourth-order valence-corrected chi connectivity index (χ4v) is 1.59. The molecule has 2 aromatic carbocycles.